The topological polar surface area (TPSA) is 35.5 Å². The molecule has 1 aliphatic rings. The highest BCUT2D eigenvalue weighted by atomic mass is 32.1. The number of aromatic nitrogens is 2. The Morgan fingerprint density at radius 1 is 1.19 bits per heavy atom. The van der Waals surface area contributed by atoms with E-state index in [0.29, 0.717) is 0 Å². The van der Waals surface area contributed by atoms with Crippen LogP contribution in [0.4, 0.5) is 11.8 Å². The molecule has 1 saturated heterocycles. The van der Waals surface area contributed by atoms with Crippen molar-refractivity contribution in [3.05, 3.63) is 34.7 Å². The molecule has 0 spiro atoms. The van der Waals surface area contributed by atoms with E-state index >= 15 is 0 Å². The first-order valence-corrected chi connectivity index (χ1v) is 8.10. The van der Waals surface area contributed by atoms with Gasteiger partial charge in [-0.25, -0.2) is 4.98 Å². The fraction of sp³-hybridized carbons (Fsp3) is 0.467. The average molecular weight is 303 g/mol. The van der Waals surface area contributed by atoms with E-state index in [4.69, 9.17) is 0 Å². The molecule has 6 heteroatoms. The summed E-state index contributed by atoms with van der Waals surface area (Å²) in [6.07, 6.45) is 1.84. The van der Waals surface area contributed by atoms with E-state index in [1.165, 1.54) is 4.88 Å². The van der Waals surface area contributed by atoms with Crippen LogP contribution in [-0.4, -0.2) is 55.1 Å². The molecule has 1 aliphatic heterocycles. The number of nitrogens with zero attached hydrogens (tertiary/aromatic N) is 5. The maximum absolute atomic E-state index is 4.62. The molecule has 112 valence electrons. The van der Waals surface area contributed by atoms with Gasteiger partial charge in [0.1, 0.15) is 5.82 Å². The zero-order valence-corrected chi connectivity index (χ0v) is 13.4. The molecule has 0 aromatic carbocycles. The van der Waals surface area contributed by atoms with E-state index < -0.39 is 0 Å². The van der Waals surface area contributed by atoms with Crippen LogP contribution in [0.2, 0.25) is 0 Å². The largest absolute Gasteiger partial charge is 0.363 e. The zero-order chi connectivity index (χ0) is 14.7. The predicted octanol–water partition coefficient (Wildman–Crippen LogP) is 1.93. The van der Waals surface area contributed by atoms with Crippen LogP contribution in [0.15, 0.2) is 29.8 Å². The molecule has 0 aliphatic carbocycles. The summed E-state index contributed by atoms with van der Waals surface area (Å²) >= 11 is 1.83. The van der Waals surface area contributed by atoms with Crippen molar-refractivity contribution < 1.29 is 0 Å². The minimum Gasteiger partial charge on any atom is -0.363 e. The van der Waals surface area contributed by atoms with Crippen LogP contribution >= 0.6 is 11.3 Å². The van der Waals surface area contributed by atoms with E-state index in [1.807, 2.05) is 42.6 Å². The van der Waals surface area contributed by atoms with Gasteiger partial charge in [0.05, 0.1) is 0 Å². The van der Waals surface area contributed by atoms with Crippen LogP contribution in [0, 0.1) is 0 Å². The average Bonchev–Trinajstić information content (AvgIpc) is 3.01. The van der Waals surface area contributed by atoms with E-state index in [-0.39, 0.29) is 0 Å². The van der Waals surface area contributed by atoms with Gasteiger partial charge in [0.15, 0.2) is 0 Å². The third-order valence-corrected chi connectivity index (χ3v) is 4.56. The predicted molar refractivity (Wildman–Crippen MR) is 88.2 cm³/mol. The second kappa shape index (κ2) is 6.41. The second-order valence-electron chi connectivity index (χ2n) is 5.45. The normalized spacial score (nSPS) is 16.2. The minimum absolute atomic E-state index is 0.844. The van der Waals surface area contributed by atoms with Crippen LogP contribution in [0.5, 0.6) is 0 Å². The Hall–Kier alpha value is -1.66. The van der Waals surface area contributed by atoms with Crippen LogP contribution in [0.3, 0.4) is 0 Å². The molecule has 0 radical (unpaired) electrons. The summed E-state index contributed by atoms with van der Waals surface area (Å²) in [5, 5.41) is 2.15. The highest BCUT2D eigenvalue weighted by Gasteiger charge is 2.19. The van der Waals surface area contributed by atoms with Crippen molar-refractivity contribution in [2.75, 3.05) is 50.1 Å². The molecule has 3 heterocycles. The second-order valence-corrected chi connectivity index (χ2v) is 6.48. The first kappa shape index (κ1) is 14.3. The quantitative estimate of drug-likeness (QED) is 0.862. The maximum Gasteiger partial charge on any atom is 0.227 e. The lowest BCUT2D eigenvalue weighted by atomic mass is 10.3. The Bertz CT molecular complexity index is 561. The van der Waals surface area contributed by atoms with Crippen molar-refractivity contribution in [3.63, 3.8) is 0 Å². The summed E-state index contributed by atoms with van der Waals surface area (Å²) in [5.74, 6) is 1.80. The number of anilines is 2. The van der Waals surface area contributed by atoms with Gasteiger partial charge in [-0.15, -0.1) is 11.3 Å². The number of hydrogen-bond donors (Lipinski definition) is 0. The van der Waals surface area contributed by atoms with Gasteiger partial charge >= 0.3 is 0 Å². The third-order valence-electron chi connectivity index (χ3n) is 3.70. The van der Waals surface area contributed by atoms with Crippen LogP contribution in [0.1, 0.15) is 4.88 Å². The van der Waals surface area contributed by atoms with Gasteiger partial charge < -0.3 is 9.80 Å². The number of rotatable bonds is 4. The summed E-state index contributed by atoms with van der Waals surface area (Å²) in [4.78, 5) is 17.3. The van der Waals surface area contributed by atoms with Crippen molar-refractivity contribution in [1.82, 2.24) is 14.9 Å². The van der Waals surface area contributed by atoms with Gasteiger partial charge in [-0.05, 0) is 17.5 Å². The Kier molecular flexibility index (Phi) is 4.36. The van der Waals surface area contributed by atoms with Gasteiger partial charge in [-0.1, -0.05) is 6.07 Å². The standard InChI is InChI=1S/C15H21N5S/c1-18(2)14-5-6-16-15(17-14)20-9-7-19(8-10-20)12-13-4-3-11-21-13/h3-6,11H,7-10,12H2,1-2H3. The zero-order valence-electron chi connectivity index (χ0n) is 12.6. The SMILES string of the molecule is CN(C)c1ccnc(N2CCN(Cc3cccs3)CC2)n1. The first-order chi connectivity index (χ1) is 10.2. The summed E-state index contributed by atoms with van der Waals surface area (Å²) in [5.41, 5.74) is 0. The minimum atomic E-state index is 0.844. The number of hydrogen-bond acceptors (Lipinski definition) is 6. The smallest absolute Gasteiger partial charge is 0.227 e. The molecule has 0 unspecified atom stereocenters. The van der Waals surface area contributed by atoms with Crippen molar-refractivity contribution >= 4 is 23.1 Å². The highest BCUT2D eigenvalue weighted by Crippen LogP contribution is 2.17. The fourth-order valence-corrected chi connectivity index (χ4v) is 3.22. The molecule has 0 amide bonds. The van der Waals surface area contributed by atoms with E-state index in [1.54, 1.807) is 0 Å². The first-order valence-electron chi connectivity index (χ1n) is 7.22. The molecule has 0 N–H and O–H groups in total. The van der Waals surface area contributed by atoms with Crippen molar-refractivity contribution in [2.24, 2.45) is 0 Å². The number of piperazine rings is 1. The van der Waals surface area contributed by atoms with E-state index in [0.717, 1.165) is 44.5 Å². The molecular weight excluding hydrogens is 282 g/mol. The van der Waals surface area contributed by atoms with Gasteiger partial charge in [0.25, 0.3) is 0 Å². The molecule has 5 nitrogen and oxygen atoms in total. The summed E-state index contributed by atoms with van der Waals surface area (Å²) in [6.45, 7) is 5.16. The molecular formula is C15H21N5S. The van der Waals surface area contributed by atoms with E-state index in [2.05, 4.69) is 37.3 Å². The van der Waals surface area contributed by atoms with Crippen LogP contribution < -0.4 is 9.80 Å². The van der Waals surface area contributed by atoms with Gasteiger partial charge in [0, 0.05) is 57.9 Å². The molecule has 21 heavy (non-hydrogen) atoms. The molecule has 2 aromatic rings. The lowest BCUT2D eigenvalue weighted by molar-refractivity contribution is 0.251. The molecule has 0 bridgehead atoms. The molecule has 1 fully saturated rings. The summed E-state index contributed by atoms with van der Waals surface area (Å²) < 4.78 is 0. The van der Waals surface area contributed by atoms with Gasteiger partial charge in [-0.3, -0.25) is 4.90 Å². The van der Waals surface area contributed by atoms with Gasteiger partial charge in [-0.2, -0.15) is 4.98 Å². The van der Waals surface area contributed by atoms with Crippen LogP contribution in [0.25, 0.3) is 0 Å². The summed E-state index contributed by atoms with van der Waals surface area (Å²) in [7, 11) is 4.01. The Labute approximate surface area is 129 Å². The van der Waals surface area contributed by atoms with Gasteiger partial charge in [0.2, 0.25) is 5.95 Å². The van der Waals surface area contributed by atoms with Crippen molar-refractivity contribution in [1.29, 1.82) is 0 Å². The number of thiophene rings is 1. The van der Waals surface area contributed by atoms with Crippen molar-refractivity contribution in [2.45, 2.75) is 6.54 Å². The monoisotopic (exact) mass is 303 g/mol. The Morgan fingerprint density at radius 2 is 2.00 bits per heavy atom. The third kappa shape index (κ3) is 3.51. The molecule has 0 atom stereocenters. The highest BCUT2D eigenvalue weighted by molar-refractivity contribution is 7.09. The molecule has 2 aromatic heterocycles. The molecule has 0 saturated carbocycles. The maximum atomic E-state index is 4.62. The lowest BCUT2D eigenvalue weighted by Crippen LogP contribution is -2.46. The Morgan fingerprint density at radius 3 is 2.67 bits per heavy atom. The Balaban J connectivity index is 1.59. The molecule has 3 rings (SSSR count). The fourth-order valence-electron chi connectivity index (χ4n) is 2.47. The van der Waals surface area contributed by atoms with Crippen LogP contribution in [-0.2, 0) is 6.54 Å². The lowest BCUT2D eigenvalue weighted by Gasteiger charge is -2.34. The van der Waals surface area contributed by atoms with Crippen molar-refractivity contribution in [3.8, 4) is 0 Å². The van der Waals surface area contributed by atoms with E-state index in [9.17, 15) is 0 Å². The summed E-state index contributed by atoms with van der Waals surface area (Å²) in [6, 6.07) is 6.27.